The van der Waals surface area contributed by atoms with Gasteiger partial charge in [0.2, 0.25) is 0 Å². The molecule has 0 saturated heterocycles. The van der Waals surface area contributed by atoms with Gasteiger partial charge in [-0.2, -0.15) is 0 Å². The van der Waals surface area contributed by atoms with Crippen LogP contribution in [-0.2, 0) is 18.2 Å². The topological polar surface area (TPSA) is 51.5 Å². The molecule has 0 aliphatic rings. The van der Waals surface area contributed by atoms with Crippen molar-refractivity contribution in [3.8, 4) is 0 Å². The van der Waals surface area contributed by atoms with E-state index in [2.05, 4.69) is 0 Å². The molecule has 0 unspecified atom stereocenters. The van der Waals surface area contributed by atoms with Gasteiger partial charge in [-0.15, -0.1) is 0 Å². The van der Waals surface area contributed by atoms with Gasteiger partial charge < -0.3 is 14.4 Å². The fourth-order valence-electron chi connectivity index (χ4n) is 2.05. The van der Waals surface area contributed by atoms with Crippen molar-refractivity contribution < 1.29 is 14.6 Å². The monoisotopic (exact) mass is 239 g/mol. The Morgan fingerprint density at radius 2 is 2.00 bits per heavy atom. The van der Waals surface area contributed by atoms with Gasteiger partial charge in [0.05, 0.1) is 18.8 Å². The zero-order chi connectivity index (χ0) is 13.2. The fourth-order valence-corrected chi connectivity index (χ4v) is 2.05. The molecule has 1 atom stereocenters. The zero-order valence-electron chi connectivity index (χ0n) is 11.2. The average molecular weight is 239 g/mol. The number of methoxy groups -OCH3 is 1. The molecule has 0 fully saturated rings. The Balaban J connectivity index is 3.17. The van der Waals surface area contributed by atoms with Gasteiger partial charge in [0.25, 0.3) is 0 Å². The van der Waals surface area contributed by atoms with Crippen LogP contribution >= 0.6 is 0 Å². The van der Waals surface area contributed by atoms with E-state index in [4.69, 9.17) is 4.74 Å². The van der Waals surface area contributed by atoms with Gasteiger partial charge in [-0.3, -0.25) is 0 Å². The number of aliphatic hydroxyl groups is 1. The van der Waals surface area contributed by atoms with Crippen LogP contribution in [0.3, 0.4) is 0 Å². The molecule has 17 heavy (non-hydrogen) atoms. The second kappa shape index (κ2) is 5.36. The van der Waals surface area contributed by atoms with Crippen LogP contribution in [0.15, 0.2) is 0 Å². The third kappa shape index (κ3) is 2.69. The highest BCUT2D eigenvalue weighted by Gasteiger charge is 2.22. The predicted octanol–water partition coefficient (Wildman–Crippen LogP) is 1.74. The molecule has 0 amide bonds. The summed E-state index contributed by atoms with van der Waals surface area (Å²) in [5.41, 5.74) is 3.60. The predicted molar refractivity (Wildman–Crippen MR) is 66.2 cm³/mol. The average Bonchev–Trinajstić information content (AvgIpc) is 2.50. The zero-order valence-corrected chi connectivity index (χ0v) is 11.2. The molecule has 0 saturated carbocycles. The minimum atomic E-state index is -0.361. The van der Waals surface area contributed by atoms with Crippen molar-refractivity contribution in [1.29, 1.82) is 0 Å². The molecule has 1 rings (SSSR count). The Morgan fingerprint density at radius 3 is 2.47 bits per heavy atom. The first kappa shape index (κ1) is 13.8. The van der Waals surface area contributed by atoms with Crippen molar-refractivity contribution in [1.82, 2.24) is 4.57 Å². The summed E-state index contributed by atoms with van der Waals surface area (Å²) < 4.78 is 6.81. The summed E-state index contributed by atoms with van der Waals surface area (Å²) in [4.78, 5) is 11.8. The lowest BCUT2D eigenvalue weighted by Gasteiger charge is -2.06. The van der Waals surface area contributed by atoms with Crippen LogP contribution in [0.25, 0.3) is 0 Å². The van der Waals surface area contributed by atoms with Gasteiger partial charge >= 0.3 is 5.97 Å². The third-order valence-electron chi connectivity index (χ3n) is 3.31. The second-order valence-electron chi connectivity index (χ2n) is 4.46. The molecule has 0 aliphatic carbocycles. The van der Waals surface area contributed by atoms with Gasteiger partial charge in [0, 0.05) is 18.4 Å². The number of esters is 1. The molecule has 0 aromatic carbocycles. The summed E-state index contributed by atoms with van der Waals surface area (Å²) in [6.07, 6.45) is 0.976. The van der Waals surface area contributed by atoms with E-state index in [0.717, 1.165) is 17.0 Å². The Bertz CT molecular complexity index is 419. The first-order chi connectivity index (χ1) is 7.90. The smallest absolute Gasteiger partial charge is 0.339 e. The molecule has 96 valence electrons. The van der Waals surface area contributed by atoms with Crippen molar-refractivity contribution in [3.63, 3.8) is 0 Å². The molecule has 0 radical (unpaired) electrons. The van der Waals surface area contributed by atoms with Crippen LogP contribution < -0.4 is 0 Å². The van der Waals surface area contributed by atoms with Crippen LogP contribution in [0, 0.1) is 13.8 Å². The molecule has 0 aliphatic heterocycles. The van der Waals surface area contributed by atoms with E-state index in [9.17, 15) is 9.90 Å². The first-order valence-electron chi connectivity index (χ1n) is 5.81. The quantitative estimate of drug-likeness (QED) is 0.814. The number of hydrogen-bond acceptors (Lipinski definition) is 3. The van der Waals surface area contributed by atoms with E-state index in [1.54, 1.807) is 6.92 Å². The largest absolute Gasteiger partial charge is 0.465 e. The first-order valence-corrected chi connectivity index (χ1v) is 5.81. The lowest BCUT2D eigenvalue weighted by Crippen LogP contribution is -2.08. The normalized spacial score (nSPS) is 12.6. The Labute approximate surface area is 102 Å². The molecule has 4 heteroatoms. The maximum absolute atomic E-state index is 11.8. The standard InChI is InChI=1S/C13H21NO3/c1-8(15)6-7-11-9(2)14(4)10(3)12(11)13(16)17-5/h8,15H,6-7H2,1-5H3/t8-/m1/s1. The van der Waals surface area contributed by atoms with Gasteiger partial charge in [0.15, 0.2) is 0 Å². The summed E-state index contributed by atoms with van der Waals surface area (Å²) in [5, 5.41) is 9.34. The fraction of sp³-hybridized carbons (Fsp3) is 0.615. The Kier molecular flexibility index (Phi) is 4.34. The van der Waals surface area contributed by atoms with Crippen LogP contribution in [0.5, 0.6) is 0 Å². The summed E-state index contributed by atoms with van der Waals surface area (Å²) in [5.74, 6) is -0.299. The molecule has 4 nitrogen and oxygen atoms in total. The number of nitrogens with zero attached hydrogens (tertiary/aromatic N) is 1. The number of carbonyl (C=O) groups excluding carboxylic acids is 1. The van der Waals surface area contributed by atoms with Crippen LogP contribution in [0.1, 0.15) is 40.7 Å². The Hall–Kier alpha value is -1.29. The number of hydrogen-bond donors (Lipinski definition) is 1. The lowest BCUT2D eigenvalue weighted by atomic mass is 10.0. The van der Waals surface area contributed by atoms with Crippen molar-refractivity contribution in [2.75, 3.05) is 7.11 Å². The lowest BCUT2D eigenvalue weighted by molar-refractivity contribution is 0.0598. The summed E-state index contributed by atoms with van der Waals surface area (Å²) in [6, 6.07) is 0. The van der Waals surface area contributed by atoms with Crippen molar-refractivity contribution in [3.05, 3.63) is 22.5 Å². The van der Waals surface area contributed by atoms with E-state index in [1.165, 1.54) is 7.11 Å². The van der Waals surface area contributed by atoms with E-state index >= 15 is 0 Å². The van der Waals surface area contributed by atoms with E-state index in [-0.39, 0.29) is 12.1 Å². The minimum absolute atomic E-state index is 0.299. The molecule has 1 heterocycles. The van der Waals surface area contributed by atoms with Crippen LogP contribution in [0.4, 0.5) is 0 Å². The van der Waals surface area contributed by atoms with E-state index in [0.29, 0.717) is 18.4 Å². The van der Waals surface area contributed by atoms with E-state index < -0.39 is 0 Å². The van der Waals surface area contributed by atoms with Gasteiger partial charge in [-0.05, 0) is 39.2 Å². The number of aliphatic hydroxyl groups excluding tert-OH is 1. The molecule has 1 aromatic heterocycles. The summed E-state index contributed by atoms with van der Waals surface area (Å²) in [7, 11) is 3.32. The van der Waals surface area contributed by atoms with Crippen LogP contribution in [0.2, 0.25) is 0 Å². The van der Waals surface area contributed by atoms with E-state index in [1.807, 2.05) is 25.5 Å². The second-order valence-corrected chi connectivity index (χ2v) is 4.46. The maximum atomic E-state index is 11.8. The summed E-state index contributed by atoms with van der Waals surface area (Å²) in [6.45, 7) is 5.64. The van der Waals surface area contributed by atoms with Gasteiger partial charge in [0.1, 0.15) is 0 Å². The third-order valence-corrected chi connectivity index (χ3v) is 3.31. The SMILES string of the molecule is COC(=O)c1c(CC[C@@H](C)O)c(C)n(C)c1C. The van der Waals surface area contributed by atoms with Crippen molar-refractivity contribution >= 4 is 5.97 Å². The highest BCUT2D eigenvalue weighted by Crippen LogP contribution is 2.23. The molecule has 1 N–H and O–H groups in total. The van der Waals surface area contributed by atoms with Crippen molar-refractivity contribution in [2.45, 2.75) is 39.7 Å². The highest BCUT2D eigenvalue weighted by molar-refractivity contribution is 5.93. The molecule has 0 bridgehead atoms. The highest BCUT2D eigenvalue weighted by atomic mass is 16.5. The molecular formula is C13H21NO3. The van der Waals surface area contributed by atoms with Crippen LogP contribution in [-0.4, -0.2) is 28.9 Å². The summed E-state index contributed by atoms with van der Waals surface area (Å²) >= 11 is 0. The molecule has 1 aromatic rings. The minimum Gasteiger partial charge on any atom is -0.465 e. The number of aromatic nitrogens is 1. The molecule has 0 spiro atoms. The maximum Gasteiger partial charge on any atom is 0.339 e. The van der Waals surface area contributed by atoms with Gasteiger partial charge in [-0.25, -0.2) is 4.79 Å². The Morgan fingerprint density at radius 1 is 1.41 bits per heavy atom. The molecular weight excluding hydrogens is 218 g/mol. The number of carbonyl (C=O) groups is 1. The van der Waals surface area contributed by atoms with Crippen molar-refractivity contribution in [2.24, 2.45) is 7.05 Å². The van der Waals surface area contributed by atoms with Gasteiger partial charge in [-0.1, -0.05) is 0 Å². The number of rotatable bonds is 4. The number of ether oxygens (including phenoxy) is 1.